The van der Waals surface area contributed by atoms with Crippen molar-refractivity contribution in [2.24, 2.45) is 5.16 Å². The molecule has 1 N–H and O–H groups in total. The molecule has 0 radical (unpaired) electrons. The van der Waals surface area contributed by atoms with Gasteiger partial charge < -0.3 is 14.9 Å². The Labute approximate surface area is 176 Å². The van der Waals surface area contributed by atoms with Crippen LogP contribution in [0.15, 0.2) is 46.2 Å². The van der Waals surface area contributed by atoms with Crippen LogP contribution in [0.3, 0.4) is 0 Å². The van der Waals surface area contributed by atoms with Gasteiger partial charge in [-0.2, -0.15) is 11.3 Å². The lowest BCUT2D eigenvalue weighted by atomic mass is 10.1. The highest BCUT2D eigenvalue weighted by Crippen LogP contribution is 2.30. The summed E-state index contributed by atoms with van der Waals surface area (Å²) >= 11 is 1.60. The summed E-state index contributed by atoms with van der Waals surface area (Å²) in [6.45, 7) is 1.93. The van der Waals surface area contributed by atoms with E-state index in [1.807, 2.05) is 16.8 Å². The molecule has 0 bridgehead atoms. The van der Waals surface area contributed by atoms with E-state index in [9.17, 15) is 9.18 Å². The maximum atomic E-state index is 13.5. The molecular weight excluding hydrogens is 407 g/mol. The van der Waals surface area contributed by atoms with Crippen molar-refractivity contribution in [3.8, 4) is 5.75 Å². The Bertz CT molecular complexity index is 1100. The summed E-state index contributed by atoms with van der Waals surface area (Å²) in [5.41, 5.74) is 3.24. The van der Waals surface area contributed by atoms with Gasteiger partial charge in [0.1, 0.15) is 17.2 Å². The number of halogens is 1. The van der Waals surface area contributed by atoms with Gasteiger partial charge in [0.2, 0.25) is 0 Å². The molecule has 1 aliphatic heterocycles. The summed E-state index contributed by atoms with van der Waals surface area (Å²) in [4.78, 5) is 26.8. The van der Waals surface area contributed by atoms with Gasteiger partial charge in [0.15, 0.2) is 17.7 Å². The third-order valence-corrected chi connectivity index (χ3v) is 5.32. The second kappa shape index (κ2) is 8.58. The Morgan fingerprint density at radius 3 is 2.97 bits per heavy atom. The highest BCUT2D eigenvalue weighted by atomic mass is 32.1. The molecular formula is C21H19FN4O3S. The van der Waals surface area contributed by atoms with Gasteiger partial charge in [-0.3, -0.25) is 4.79 Å². The minimum Gasteiger partial charge on any atom is -0.494 e. The quantitative estimate of drug-likeness (QED) is 0.648. The largest absolute Gasteiger partial charge is 0.494 e. The maximum Gasteiger partial charge on any atom is 0.270 e. The normalized spacial score (nSPS) is 15.4. The molecule has 154 valence electrons. The van der Waals surface area contributed by atoms with Crippen LogP contribution in [0.25, 0.3) is 0 Å². The third kappa shape index (κ3) is 4.30. The minimum absolute atomic E-state index is 0.126. The number of carbonyl (C=O) groups is 1. The SMILES string of the molecule is COc1cc(CNC(=O)c2cc(C3=NOC(c4ccsc4)C3)nc(C)n2)ccc1F. The van der Waals surface area contributed by atoms with Gasteiger partial charge >= 0.3 is 0 Å². The van der Waals surface area contributed by atoms with Crippen molar-refractivity contribution in [1.29, 1.82) is 0 Å². The van der Waals surface area contributed by atoms with E-state index >= 15 is 0 Å². The number of hydrogen-bond acceptors (Lipinski definition) is 7. The molecule has 3 heterocycles. The summed E-state index contributed by atoms with van der Waals surface area (Å²) in [6.07, 6.45) is 0.427. The predicted molar refractivity (Wildman–Crippen MR) is 110 cm³/mol. The Kier molecular flexibility index (Phi) is 5.71. The molecule has 9 heteroatoms. The van der Waals surface area contributed by atoms with Gasteiger partial charge in [0.05, 0.1) is 12.8 Å². The highest BCUT2D eigenvalue weighted by Gasteiger charge is 2.26. The number of rotatable bonds is 6. The van der Waals surface area contributed by atoms with E-state index in [-0.39, 0.29) is 30.0 Å². The molecule has 4 rings (SSSR count). The Balaban J connectivity index is 1.46. The van der Waals surface area contributed by atoms with E-state index < -0.39 is 5.82 Å². The molecule has 1 aromatic carbocycles. The topological polar surface area (TPSA) is 85.7 Å². The van der Waals surface area contributed by atoms with Crippen LogP contribution in [0.4, 0.5) is 4.39 Å². The van der Waals surface area contributed by atoms with Crippen molar-refractivity contribution in [2.75, 3.05) is 7.11 Å². The van der Waals surface area contributed by atoms with E-state index in [2.05, 4.69) is 20.4 Å². The zero-order chi connectivity index (χ0) is 21.1. The van der Waals surface area contributed by atoms with Gasteiger partial charge in [0, 0.05) is 18.5 Å². The van der Waals surface area contributed by atoms with Crippen molar-refractivity contribution in [3.05, 3.63) is 75.2 Å². The summed E-state index contributed by atoms with van der Waals surface area (Å²) in [7, 11) is 1.39. The fourth-order valence-electron chi connectivity index (χ4n) is 3.08. The highest BCUT2D eigenvalue weighted by molar-refractivity contribution is 7.07. The number of hydrogen-bond donors (Lipinski definition) is 1. The van der Waals surface area contributed by atoms with Crippen LogP contribution in [0.2, 0.25) is 0 Å². The summed E-state index contributed by atoms with van der Waals surface area (Å²) in [5.74, 6) is -0.230. The maximum absolute atomic E-state index is 13.5. The summed E-state index contributed by atoms with van der Waals surface area (Å²) < 4.78 is 18.5. The van der Waals surface area contributed by atoms with Gasteiger partial charge in [-0.05, 0) is 47.5 Å². The number of thiophene rings is 1. The molecule has 3 aromatic rings. The fourth-order valence-corrected chi connectivity index (χ4v) is 3.79. The smallest absolute Gasteiger partial charge is 0.270 e. The molecule has 0 saturated heterocycles. The second-order valence-corrected chi connectivity index (χ2v) is 7.51. The van der Waals surface area contributed by atoms with Crippen LogP contribution >= 0.6 is 11.3 Å². The first-order chi connectivity index (χ1) is 14.5. The van der Waals surface area contributed by atoms with Gasteiger partial charge in [-0.1, -0.05) is 11.2 Å². The molecule has 2 aromatic heterocycles. The molecule has 0 fully saturated rings. The van der Waals surface area contributed by atoms with Gasteiger partial charge in [-0.25, -0.2) is 14.4 Å². The number of nitrogens with one attached hydrogen (secondary N) is 1. The summed E-state index contributed by atoms with van der Waals surface area (Å²) in [5, 5.41) is 11.0. The third-order valence-electron chi connectivity index (χ3n) is 4.62. The molecule has 30 heavy (non-hydrogen) atoms. The zero-order valence-corrected chi connectivity index (χ0v) is 17.2. The molecule has 1 aliphatic rings. The van der Waals surface area contributed by atoms with Gasteiger partial charge in [-0.15, -0.1) is 0 Å². The Hall–Kier alpha value is -3.33. The van der Waals surface area contributed by atoms with E-state index in [0.717, 1.165) is 5.56 Å². The number of aromatic nitrogens is 2. The van der Waals surface area contributed by atoms with Crippen LogP contribution in [0, 0.1) is 12.7 Å². The average Bonchev–Trinajstić information content (AvgIpc) is 3.44. The van der Waals surface area contributed by atoms with Crippen molar-refractivity contribution in [2.45, 2.75) is 26.0 Å². The number of ether oxygens (including phenoxy) is 1. The van der Waals surface area contributed by atoms with Crippen LogP contribution in [0.1, 0.15) is 45.7 Å². The molecule has 0 saturated carbocycles. The van der Waals surface area contributed by atoms with Crippen LogP contribution < -0.4 is 10.1 Å². The van der Waals surface area contributed by atoms with E-state index in [1.165, 1.54) is 13.2 Å². The number of nitrogens with zero attached hydrogens (tertiary/aromatic N) is 3. The van der Waals surface area contributed by atoms with Crippen LogP contribution in [0.5, 0.6) is 5.75 Å². The van der Waals surface area contributed by atoms with E-state index in [0.29, 0.717) is 29.2 Å². The zero-order valence-electron chi connectivity index (χ0n) is 16.4. The van der Waals surface area contributed by atoms with Crippen molar-refractivity contribution < 1.29 is 18.8 Å². The number of oxime groups is 1. The number of aryl methyl sites for hydroxylation is 1. The first kappa shape index (κ1) is 20.0. The monoisotopic (exact) mass is 426 g/mol. The number of benzene rings is 1. The Morgan fingerprint density at radius 2 is 2.20 bits per heavy atom. The fraction of sp³-hybridized carbons (Fsp3) is 0.238. The van der Waals surface area contributed by atoms with Crippen LogP contribution in [-0.4, -0.2) is 28.7 Å². The minimum atomic E-state index is -0.455. The van der Waals surface area contributed by atoms with Crippen molar-refractivity contribution in [3.63, 3.8) is 0 Å². The first-order valence-corrected chi connectivity index (χ1v) is 10.2. The molecule has 1 atom stereocenters. The molecule has 1 amide bonds. The Morgan fingerprint density at radius 1 is 1.33 bits per heavy atom. The average molecular weight is 426 g/mol. The van der Waals surface area contributed by atoms with Crippen molar-refractivity contribution in [1.82, 2.24) is 15.3 Å². The molecule has 7 nitrogen and oxygen atoms in total. The van der Waals surface area contributed by atoms with Crippen LogP contribution in [-0.2, 0) is 11.4 Å². The lowest BCUT2D eigenvalue weighted by Gasteiger charge is -2.09. The lowest BCUT2D eigenvalue weighted by molar-refractivity contribution is 0.0860. The molecule has 0 aliphatic carbocycles. The summed E-state index contributed by atoms with van der Waals surface area (Å²) in [6, 6.07) is 8.04. The predicted octanol–water partition coefficient (Wildman–Crippen LogP) is 3.79. The number of methoxy groups -OCH3 is 1. The van der Waals surface area contributed by atoms with E-state index in [1.54, 1.807) is 36.5 Å². The van der Waals surface area contributed by atoms with Gasteiger partial charge in [0.25, 0.3) is 5.91 Å². The number of amides is 1. The van der Waals surface area contributed by atoms with Crippen molar-refractivity contribution >= 4 is 23.0 Å². The molecule has 1 unspecified atom stereocenters. The molecule has 0 spiro atoms. The first-order valence-electron chi connectivity index (χ1n) is 9.25. The second-order valence-electron chi connectivity index (χ2n) is 6.73. The standard InChI is InChI=1S/C21H19FN4O3S/c1-12-24-16(17-9-19(29-26-17)14-5-6-30-11-14)8-18(25-12)21(27)23-10-13-3-4-15(22)20(7-13)28-2/h3-8,11,19H,9-10H2,1-2H3,(H,23,27). The van der Waals surface area contributed by atoms with E-state index in [4.69, 9.17) is 9.57 Å². The number of carbonyl (C=O) groups excluding carboxylic acids is 1. The lowest BCUT2D eigenvalue weighted by Crippen LogP contribution is -2.25.